The van der Waals surface area contributed by atoms with Crippen LogP contribution in [0.2, 0.25) is 0 Å². The van der Waals surface area contributed by atoms with E-state index < -0.39 is 10.0 Å². The second kappa shape index (κ2) is 10.1. The van der Waals surface area contributed by atoms with E-state index in [1.807, 2.05) is 0 Å². The normalized spacial score (nSPS) is 16.6. The molecule has 1 aromatic rings. The van der Waals surface area contributed by atoms with E-state index in [0.717, 1.165) is 18.4 Å². The molecule has 27 heavy (non-hydrogen) atoms. The lowest BCUT2D eigenvalue weighted by Gasteiger charge is -2.21. The van der Waals surface area contributed by atoms with Crippen LogP contribution in [0.5, 0.6) is 5.75 Å². The number of methoxy groups -OCH3 is 1. The van der Waals surface area contributed by atoms with Gasteiger partial charge in [0.15, 0.2) is 0 Å². The SMILES string of the molecule is COc1ccc(S(=O)(=O)N(C)C)cc1CCC(=O)NC1CCCCCCC1. The number of benzene rings is 1. The fourth-order valence-electron chi connectivity index (χ4n) is 3.47. The maximum absolute atomic E-state index is 12.4. The molecule has 1 aliphatic carbocycles. The van der Waals surface area contributed by atoms with E-state index in [1.165, 1.54) is 56.6 Å². The van der Waals surface area contributed by atoms with Crippen molar-refractivity contribution in [3.63, 3.8) is 0 Å². The van der Waals surface area contributed by atoms with Crippen molar-refractivity contribution in [2.45, 2.75) is 68.7 Å². The van der Waals surface area contributed by atoms with Gasteiger partial charge in [0.05, 0.1) is 12.0 Å². The first-order valence-electron chi connectivity index (χ1n) is 9.73. The summed E-state index contributed by atoms with van der Waals surface area (Å²) in [6.45, 7) is 0. The lowest BCUT2D eigenvalue weighted by molar-refractivity contribution is -0.121. The van der Waals surface area contributed by atoms with Crippen LogP contribution < -0.4 is 10.1 Å². The van der Waals surface area contributed by atoms with Gasteiger partial charge >= 0.3 is 0 Å². The monoisotopic (exact) mass is 396 g/mol. The Morgan fingerprint density at radius 2 is 1.78 bits per heavy atom. The lowest BCUT2D eigenvalue weighted by atomic mass is 9.96. The van der Waals surface area contributed by atoms with E-state index in [-0.39, 0.29) is 16.8 Å². The summed E-state index contributed by atoms with van der Waals surface area (Å²) in [5, 5.41) is 3.15. The van der Waals surface area contributed by atoms with Crippen molar-refractivity contribution in [2.24, 2.45) is 0 Å². The molecule has 0 saturated heterocycles. The Bertz CT molecular complexity index is 723. The van der Waals surface area contributed by atoms with Gasteiger partial charge in [-0.2, -0.15) is 0 Å². The molecule has 1 aliphatic rings. The number of nitrogens with one attached hydrogen (secondary N) is 1. The number of hydrogen-bond acceptors (Lipinski definition) is 4. The van der Waals surface area contributed by atoms with Gasteiger partial charge in [-0.05, 0) is 43.0 Å². The van der Waals surface area contributed by atoms with Crippen LogP contribution in [-0.4, -0.2) is 45.9 Å². The molecule has 1 amide bonds. The molecule has 152 valence electrons. The van der Waals surface area contributed by atoms with Crippen LogP contribution in [0.3, 0.4) is 0 Å². The van der Waals surface area contributed by atoms with Gasteiger partial charge in [0.2, 0.25) is 15.9 Å². The summed E-state index contributed by atoms with van der Waals surface area (Å²) in [5.41, 5.74) is 0.730. The largest absolute Gasteiger partial charge is 0.496 e. The minimum Gasteiger partial charge on any atom is -0.496 e. The summed E-state index contributed by atoms with van der Waals surface area (Å²) < 4.78 is 31.2. The van der Waals surface area contributed by atoms with Crippen LogP contribution in [0.15, 0.2) is 23.1 Å². The molecule has 0 aliphatic heterocycles. The Hall–Kier alpha value is -1.60. The topological polar surface area (TPSA) is 75.7 Å². The molecular formula is C20H32N2O4S. The number of ether oxygens (including phenoxy) is 1. The predicted octanol–water partition coefficient (Wildman–Crippen LogP) is 3.11. The van der Waals surface area contributed by atoms with Crippen LogP contribution in [0.4, 0.5) is 0 Å². The lowest BCUT2D eigenvalue weighted by Crippen LogP contribution is -2.35. The number of hydrogen-bond donors (Lipinski definition) is 1. The van der Waals surface area contributed by atoms with Crippen molar-refractivity contribution < 1.29 is 17.9 Å². The quantitative estimate of drug-likeness (QED) is 0.768. The third-order valence-electron chi connectivity index (χ3n) is 5.12. The molecule has 1 saturated carbocycles. The van der Waals surface area contributed by atoms with Crippen LogP contribution in [0.1, 0.15) is 56.9 Å². The van der Waals surface area contributed by atoms with Gasteiger partial charge in [-0.15, -0.1) is 0 Å². The summed E-state index contributed by atoms with van der Waals surface area (Å²) in [4.78, 5) is 12.6. The first kappa shape index (κ1) is 21.7. The van der Waals surface area contributed by atoms with Crippen molar-refractivity contribution in [3.8, 4) is 5.75 Å². The fourth-order valence-corrected chi connectivity index (χ4v) is 4.42. The third-order valence-corrected chi connectivity index (χ3v) is 6.93. The number of carbonyl (C=O) groups excluding carboxylic acids is 1. The number of nitrogens with zero attached hydrogens (tertiary/aromatic N) is 1. The van der Waals surface area contributed by atoms with Crippen LogP contribution in [0, 0.1) is 0 Å². The Morgan fingerprint density at radius 1 is 1.15 bits per heavy atom. The van der Waals surface area contributed by atoms with Gasteiger partial charge < -0.3 is 10.1 Å². The highest BCUT2D eigenvalue weighted by Crippen LogP contribution is 2.25. The summed E-state index contributed by atoms with van der Waals surface area (Å²) in [7, 11) is 1.04. The van der Waals surface area contributed by atoms with Crippen molar-refractivity contribution in [3.05, 3.63) is 23.8 Å². The molecule has 2 rings (SSSR count). The maximum atomic E-state index is 12.4. The van der Waals surface area contributed by atoms with E-state index in [0.29, 0.717) is 18.6 Å². The van der Waals surface area contributed by atoms with Gasteiger partial charge in [0.1, 0.15) is 5.75 Å². The highest BCUT2D eigenvalue weighted by Gasteiger charge is 2.20. The molecule has 1 fully saturated rings. The minimum absolute atomic E-state index is 0.0171. The van der Waals surface area contributed by atoms with Gasteiger partial charge in [-0.1, -0.05) is 32.1 Å². The highest BCUT2D eigenvalue weighted by atomic mass is 32.2. The number of sulfonamides is 1. The molecule has 0 bridgehead atoms. The molecule has 1 N–H and O–H groups in total. The second-order valence-corrected chi connectivity index (χ2v) is 9.52. The van der Waals surface area contributed by atoms with Gasteiger partial charge in [0.25, 0.3) is 0 Å². The molecular weight excluding hydrogens is 364 g/mol. The average Bonchev–Trinajstić information content (AvgIpc) is 2.61. The predicted molar refractivity (Wildman–Crippen MR) is 106 cm³/mol. The Balaban J connectivity index is 2.02. The zero-order valence-corrected chi connectivity index (χ0v) is 17.5. The van der Waals surface area contributed by atoms with Gasteiger partial charge in [-0.3, -0.25) is 4.79 Å². The molecule has 0 unspecified atom stereocenters. The van der Waals surface area contributed by atoms with Crippen molar-refractivity contribution in [1.29, 1.82) is 0 Å². The Morgan fingerprint density at radius 3 is 2.37 bits per heavy atom. The summed E-state index contributed by atoms with van der Waals surface area (Å²) >= 11 is 0. The van der Waals surface area contributed by atoms with E-state index in [2.05, 4.69) is 5.32 Å². The first-order chi connectivity index (χ1) is 12.8. The summed E-state index contributed by atoms with van der Waals surface area (Å²) in [6.07, 6.45) is 8.99. The van der Waals surface area contributed by atoms with Crippen LogP contribution >= 0.6 is 0 Å². The molecule has 7 heteroatoms. The number of aryl methyl sites for hydroxylation is 1. The minimum atomic E-state index is -3.52. The number of amides is 1. The Labute approximate surface area is 163 Å². The molecule has 0 aromatic heterocycles. The molecule has 0 atom stereocenters. The van der Waals surface area contributed by atoms with Crippen LogP contribution in [0.25, 0.3) is 0 Å². The van der Waals surface area contributed by atoms with Crippen molar-refractivity contribution >= 4 is 15.9 Å². The smallest absolute Gasteiger partial charge is 0.242 e. The van der Waals surface area contributed by atoms with E-state index in [4.69, 9.17) is 4.74 Å². The number of carbonyl (C=O) groups is 1. The Kier molecular flexibility index (Phi) is 8.10. The molecule has 0 radical (unpaired) electrons. The standard InChI is InChI=1S/C20H32N2O4S/c1-22(2)27(24,25)18-12-13-19(26-3)16(15-18)11-14-20(23)21-17-9-7-5-4-6-8-10-17/h12-13,15,17H,4-11,14H2,1-3H3,(H,21,23). The maximum Gasteiger partial charge on any atom is 0.242 e. The third kappa shape index (κ3) is 6.21. The first-order valence-corrected chi connectivity index (χ1v) is 11.2. The van der Waals surface area contributed by atoms with Crippen LogP contribution in [-0.2, 0) is 21.2 Å². The molecule has 1 aromatic carbocycles. The molecule has 0 spiro atoms. The molecule has 6 nitrogen and oxygen atoms in total. The zero-order chi connectivity index (χ0) is 19.9. The van der Waals surface area contributed by atoms with E-state index in [9.17, 15) is 13.2 Å². The zero-order valence-electron chi connectivity index (χ0n) is 16.7. The average molecular weight is 397 g/mol. The fraction of sp³-hybridized carbons (Fsp3) is 0.650. The van der Waals surface area contributed by atoms with E-state index in [1.54, 1.807) is 19.2 Å². The van der Waals surface area contributed by atoms with Crippen molar-refractivity contribution in [1.82, 2.24) is 9.62 Å². The second-order valence-electron chi connectivity index (χ2n) is 7.37. The summed E-state index contributed by atoms with van der Waals surface area (Å²) in [6, 6.07) is 5.06. The summed E-state index contributed by atoms with van der Waals surface area (Å²) in [5.74, 6) is 0.620. The number of rotatable bonds is 7. The van der Waals surface area contributed by atoms with Crippen molar-refractivity contribution in [2.75, 3.05) is 21.2 Å². The molecule has 0 heterocycles. The van der Waals surface area contributed by atoms with Gasteiger partial charge in [0, 0.05) is 26.6 Å². The highest BCUT2D eigenvalue weighted by molar-refractivity contribution is 7.89. The van der Waals surface area contributed by atoms with E-state index >= 15 is 0 Å². The van der Waals surface area contributed by atoms with Gasteiger partial charge in [-0.25, -0.2) is 12.7 Å².